The molecule has 6 heteroatoms. The molecule has 0 N–H and O–H groups in total. The molecule has 120 valence electrons. The van der Waals surface area contributed by atoms with Crippen LogP contribution >= 0.6 is 12.6 Å². The van der Waals surface area contributed by atoms with Crippen LogP contribution in [0.25, 0.3) is 0 Å². The fourth-order valence-corrected chi connectivity index (χ4v) is 3.15. The zero-order valence-corrected chi connectivity index (χ0v) is 13.3. The van der Waals surface area contributed by atoms with Crippen molar-refractivity contribution in [1.29, 1.82) is 0 Å². The number of nitrogens with zero attached hydrogens (tertiary/aromatic N) is 1. The van der Waals surface area contributed by atoms with Crippen molar-refractivity contribution in [3.05, 3.63) is 34.2 Å². The molecule has 0 bridgehead atoms. The summed E-state index contributed by atoms with van der Waals surface area (Å²) in [5.74, 6) is 0.553. The highest BCUT2D eigenvalue weighted by Gasteiger charge is 2.32. The lowest BCUT2D eigenvalue weighted by atomic mass is 9.81. The maximum Gasteiger partial charge on any atom is 0.417 e. The van der Waals surface area contributed by atoms with Crippen molar-refractivity contribution >= 4 is 12.6 Å². The van der Waals surface area contributed by atoms with Gasteiger partial charge in [-0.25, -0.2) is 0 Å². The summed E-state index contributed by atoms with van der Waals surface area (Å²) < 4.78 is 39.5. The Morgan fingerprint density at radius 2 is 1.71 bits per heavy atom. The van der Waals surface area contributed by atoms with E-state index in [1.807, 2.05) is 13.8 Å². The Balaban J connectivity index is 3.16. The molecule has 1 rings (SSSR count). The zero-order valence-electron chi connectivity index (χ0n) is 12.4. The molecule has 0 aliphatic heterocycles. The van der Waals surface area contributed by atoms with Crippen LogP contribution in [0.2, 0.25) is 0 Å². The molecule has 21 heavy (non-hydrogen) atoms. The Bertz CT molecular complexity index is 504. The fourth-order valence-electron chi connectivity index (χ4n) is 2.74. The van der Waals surface area contributed by atoms with E-state index < -0.39 is 17.3 Å². The minimum atomic E-state index is -4.44. The average Bonchev–Trinajstić information content (AvgIpc) is 2.40. The van der Waals surface area contributed by atoms with Gasteiger partial charge in [-0.15, -0.1) is 0 Å². The first-order valence-corrected chi connectivity index (χ1v) is 7.80. The van der Waals surface area contributed by atoms with Gasteiger partial charge in [0.1, 0.15) is 0 Å². The molecular formula is C15H22F3NOS. The zero-order chi connectivity index (χ0) is 16.1. The van der Waals surface area contributed by atoms with Crippen molar-refractivity contribution in [3.63, 3.8) is 0 Å². The van der Waals surface area contributed by atoms with E-state index in [0.717, 1.165) is 44.0 Å². The summed E-state index contributed by atoms with van der Waals surface area (Å²) in [4.78, 5) is 11.9. The lowest BCUT2D eigenvalue weighted by molar-refractivity contribution is -0.138. The lowest BCUT2D eigenvalue weighted by Gasteiger charge is -2.32. The van der Waals surface area contributed by atoms with Crippen LogP contribution in [-0.4, -0.2) is 10.3 Å². The van der Waals surface area contributed by atoms with Crippen LogP contribution in [0.1, 0.15) is 45.1 Å². The molecule has 0 radical (unpaired) electrons. The van der Waals surface area contributed by atoms with Gasteiger partial charge in [0.2, 0.25) is 0 Å². The smallest absolute Gasteiger partial charge is 0.314 e. The highest BCUT2D eigenvalue weighted by atomic mass is 32.1. The van der Waals surface area contributed by atoms with E-state index in [-0.39, 0.29) is 12.0 Å². The number of aromatic nitrogens is 1. The summed E-state index contributed by atoms with van der Waals surface area (Å²) in [5, 5.41) is 0. The molecule has 0 aliphatic rings. The third kappa shape index (κ3) is 4.80. The Kier molecular flexibility index (Phi) is 6.38. The minimum absolute atomic E-state index is 0.235. The van der Waals surface area contributed by atoms with Crippen molar-refractivity contribution in [3.8, 4) is 0 Å². The first-order valence-electron chi connectivity index (χ1n) is 7.16. The largest absolute Gasteiger partial charge is 0.417 e. The maximum absolute atomic E-state index is 12.8. The van der Waals surface area contributed by atoms with Gasteiger partial charge >= 0.3 is 6.18 Å². The third-order valence-electron chi connectivity index (χ3n) is 3.71. The number of rotatable bonds is 7. The highest BCUT2D eigenvalue weighted by Crippen LogP contribution is 2.34. The van der Waals surface area contributed by atoms with Gasteiger partial charge in [-0.1, -0.05) is 26.7 Å². The van der Waals surface area contributed by atoms with E-state index in [4.69, 9.17) is 0 Å². The molecule has 0 atom stereocenters. The van der Waals surface area contributed by atoms with Crippen LogP contribution in [0.4, 0.5) is 13.2 Å². The molecule has 0 saturated carbocycles. The summed E-state index contributed by atoms with van der Waals surface area (Å²) in [7, 11) is 0. The second-order valence-electron chi connectivity index (χ2n) is 5.54. The lowest BCUT2D eigenvalue weighted by Crippen LogP contribution is -2.34. The number of alkyl halides is 3. The number of thiol groups is 1. The molecule has 0 spiro atoms. The van der Waals surface area contributed by atoms with Crippen LogP contribution in [0.15, 0.2) is 23.1 Å². The third-order valence-corrected chi connectivity index (χ3v) is 4.38. The number of halogens is 3. The normalized spacial score (nSPS) is 12.7. The van der Waals surface area contributed by atoms with Gasteiger partial charge in [-0.3, -0.25) is 4.79 Å². The highest BCUT2D eigenvalue weighted by molar-refractivity contribution is 7.80. The average molecular weight is 321 g/mol. The molecule has 1 aromatic rings. The number of hydrogen-bond donors (Lipinski definition) is 1. The van der Waals surface area contributed by atoms with Crippen LogP contribution < -0.4 is 5.56 Å². The van der Waals surface area contributed by atoms with E-state index >= 15 is 0 Å². The molecule has 1 aromatic heterocycles. The Morgan fingerprint density at radius 3 is 2.14 bits per heavy atom. The second kappa shape index (κ2) is 7.38. The molecule has 0 aromatic carbocycles. The summed E-state index contributed by atoms with van der Waals surface area (Å²) in [6.07, 6.45) is -0.0109. The Hall–Kier alpha value is -0.910. The molecule has 0 aliphatic carbocycles. The van der Waals surface area contributed by atoms with Crippen molar-refractivity contribution in [1.82, 2.24) is 4.57 Å². The maximum atomic E-state index is 12.8. The molecule has 1 heterocycles. The van der Waals surface area contributed by atoms with Gasteiger partial charge in [-0.05, 0) is 30.1 Å². The van der Waals surface area contributed by atoms with Crippen molar-refractivity contribution in [2.75, 3.05) is 5.75 Å². The summed E-state index contributed by atoms with van der Waals surface area (Å²) in [6.45, 7) is 4.34. The molecule has 0 saturated heterocycles. The van der Waals surface area contributed by atoms with Crippen LogP contribution in [-0.2, 0) is 12.7 Å². The molecule has 0 unspecified atom stereocenters. The molecule has 0 amide bonds. The Labute approximate surface area is 128 Å². The summed E-state index contributed by atoms with van der Waals surface area (Å²) in [5.41, 5.74) is -1.43. The monoisotopic (exact) mass is 321 g/mol. The van der Waals surface area contributed by atoms with Crippen LogP contribution in [0.3, 0.4) is 0 Å². The quantitative estimate of drug-likeness (QED) is 0.740. The summed E-state index contributed by atoms with van der Waals surface area (Å²) in [6, 6.07) is 1.82. The van der Waals surface area contributed by atoms with Crippen molar-refractivity contribution < 1.29 is 13.2 Å². The molecule has 0 fully saturated rings. The van der Waals surface area contributed by atoms with Gasteiger partial charge in [0.25, 0.3) is 5.56 Å². The van der Waals surface area contributed by atoms with E-state index in [2.05, 4.69) is 12.6 Å². The predicted molar refractivity (Wildman–Crippen MR) is 81.8 cm³/mol. The van der Waals surface area contributed by atoms with Gasteiger partial charge in [0, 0.05) is 18.8 Å². The van der Waals surface area contributed by atoms with E-state index in [1.54, 1.807) is 0 Å². The predicted octanol–water partition coefficient (Wildman–Crippen LogP) is 4.38. The van der Waals surface area contributed by atoms with E-state index in [1.165, 1.54) is 4.57 Å². The van der Waals surface area contributed by atoms with Gasteiger partial charge in [0.15, 0.2) is 0 Å². The molecule has 2 nitrogen and oxygen atoms in total. The van der Waals surface area contributed by atoms with Gasteiger partial charge < -0.3 is 4.57 Å². The van der Waals surface area contributed by atoms with Gasteiger partial charge in [0.05, 0.1) is 5.56 Å². The first-order chi connectivity index (χ1) is 9.78. The fraction of sp³-hybridized carbons (Fsp3) is 0.667. The SMILES string of the molecule is CCCC(CS)(CCC)Cn1cc(C(F)(F)F)ccc1=O. The van der Waals surface area contributed by atoms with Crippen LogP contribution in [0.5, 0.6) is 0 Å². The standard InChI is InChI=1S/C15H22F3NOS/c1-3-7-14(11-21,8-4-2)10-19-9-12(15(16,17)18)5-6-13(19)20/h5-6,9,21H,3-4,7-8,10-11H2,1-2H3. The number of pyridine rings is 1. The van der Waals surface area contributed by atoms with E-state index in [0.29, 0.717) is 5.75 Å². The number of hydrogen-bond acceptors (Lipinski definition) is 2. The second-order valence-corrected chi connectivity index (χ2v) is 5.86. The molecular weight excluding hydrogens is 299 g/mol. The minimum Gasteiger partial charge on any atom is -0.314 e. The van der Waals surface area contributed by atoms with Gasteiger partial charge in [-0.2, -0.15) is 25.8 Å². The van der Waals surface area contributed by atoms with Crippen LogP contribution in [0, 0.1) is 5.41 Å². The topological polar surface area (TPSA) is 22.0 Å². The van der Waals surface area contributed by atoms with E-state index in [9.17, 15) is 18.0 Å². The van der Waals surface area contributed by atoms with Crippen molar-refractivity contribution in [2.24, 2.45) is 5.41 Å². The van der Waals surface area contributed by atoms with Crippen molar-refractivity contribution in [2.45, 2.75) is 52.3 Å². The summed E-state index contributed by atoms with van der Waals surface area (Å²) >= 11 is 4.38. The Morgan fingerprint density at radius 1 is 1.14 bits per heavy atom. The first kappa shape index (κ1) is 18.1.